The van der Waals surface area contributed by atoms with Crippen molar-refractivity contribution >= 4 is 5.95 Å². The fourth-order valence-electron chi connectivity index (χ4n) is 2.55. The van der Waals surface area contributed by atoms with Crippen molar-refractivity contribution < 1.29 is 14.6 Å². The Morgan fingerprint density at radius 2 is 2.60 bits per heavy atom. The van der Waals surface area contributed by atoms with E-state index >= 15 is 0 Å². The van der Waals surface area contributed by atoms with Gasteiger partial charge in [0.1, 0.15) is 12.4 Å². The smallest absolute Gasteiger partial charge is 0.223 e. The first-order chi connectivity index (χ1) is 7.26. The highest BCUT2D eigenvalue weighted by atomic mass is 16.7. The molecular weight excluding hydrogens is 200 g/mol. The van der Waals surface area contributed by atoms with Gasteiger partial charge in [0.15, 0.2) is 5.72 Å². The number of rotatable bonds is 0. The summed E-state index contributed by atoms with van der Waals surface area (Å²) in [6.45, 7) is 0.499. The molecule has 0 saturated carbocycles. The van der Waals surface area contributed by atoms with Crippen molar-refractivity contribution in [3.05, 3.63) is 6.33 Å². The highest BCUT2D eigenvalue weighted by molar-refractivity contribution is 5.33. The lowest BCUT2D eigenvalue weighted by Crippen LogP contribution is -2.58. The van der Waals surface area contributed by atoms with Gasteiger partial charge in [0, 0.05) is 6.42 Å². The van der Waals surface area contributed by atoms with Gasteiger partial charge < -0.3 is 19.9 Å². The number of hydrogen-bond acceptors (Lipinski definition) is 6. The molecular formula is C8H10N4O3. The monoisotopic (exact) mass is 210 g/mol. The van der Waals surface area contributed by atoms with Crippen molar-refractivity contribution in [2.75, 3.05) is 11.9 Å². The minimum absolute atomic E-state index is 0.00694. The molecule has 7 heteroatoms. The highest BCUT2D eigenvalue weighted by Crippen LogP contribution is 2.44. The lowest BCUT2D eigenvalue weighted by molar-refractivity contribution is -0.215. The molecule has 15 heavy (non-hydrogen) atoms. The van der Waals surface area contributed by atoms with E-state index in [0.29, 0.717) is 19.0 Å². The van der Waals surface area contributed by atoms with E-state index in [1.807, 2.05) is 0 Å². The van der Waals surface area contributed by atoms with Crippen LogP contribution in [0.5, 0.6) is 0 Å². The normalized spacial score (nSPS) is 46.1. The van der Waals surface area contributed by atoms with Crippen LogP contribution >= 0.6 is 0 Å². The predicted molar refractivity (Wildman–Crippen MR) is 46.9 cm³/mol. The molecule has 3 aliphatic rings. The van der Waals surface area contributed by atoms with Gasteiger partial charge in [0.2, 0.25) is 12.2 Å². The van der Waals surface area contributed by atoms with Crippen LogP contribution in [-0.4, -0.2) is 44.6 Å². The van der Waals surface area contributed by atoms with Gasteiger partial charge in [-0.05, 0) is 0 Å². The Morgan fingerprint density at radius 3 is 3.53 bits per heavy atom. The first-order valence-electron chi connectivity index (χ1n) is 4.93. The Labute approximate surface area is 85.0 Å². The quantitative estimate of drug-likeness (QED) is 0.576. The van der Waals surface area contributed by atoms with E-state index in [-0.39, 0.29) is 12.1 Å². The Bertz CT molecular complexity index is 422. The third kappa shape index (κ3) is 0.858. The number of ether oxygens (including phenoxy) is 2. The lowest BCUT2D eigenvalue weighted by atomic mass is 9.95. The summed E-state index contributed by atoms with van der Waals surface area (Å²) in [6, 6.07) is 0.00694. The number of aliphatic hydroxyl groups is 1. The topological polar surface area (TPSA) is 81.4 Å². The number of anilines is 1. The van der Waals surface area contributed by atoms with Gasteiger partial charge in [-0.15, -0.1) is 0 Å². The minimum atomic E-state index is -1.17. The number of nitrogens with one attached hydrogen (secondary N) is 1. The average Bonchev–Trinajstić information content (AvgIpc) is 2.80. The fourth-order valence-corrected chi connectivity index (χ4v) is 2.55. The summed E-state index contributed by atoms with van der Waals surface area (Å²) in [5.41, 5.74) is -1.17. The SMILES string of the molecule is OC12CC(C3COC1O3)n1ncnc1N2. The van der Waals surface area contributed by atoms with Crippen molar-refractivity contribution in [2.45, 2.75) is 30.6 Å². The van der Waals surface area contributed by atoms with Crippen LogP contribution in [0.2, 0.25) is 0 Å². The average molecular weight is 210 g/mol. The van der Waals surface area contributed by atoms with Crippen LogP contribution in [-0.2, 0) is 9.47 Å². The Kier molecular flexibility index (Phi) is 1.24. The van der Waals surface area contributed by atoms with Crippen LogP contribution in [0, 0.1) is 0 Å². The number of hydrogen-bond donors (Lipinski definition) is 2. The number of aromatic nitrogens is 3. The van der Waals surface area contributed by atoms with Gasteiger partial charge in [0.25, 0.3) is 0 Å². The molecule has 3 aliphatic heterocycles. The summed E-state index contributed by atoms with van der Waals surface area (Å²) in [7, 11) is 0. The molecule has 0 aromatic carbocycles. The summed E-state index contributed by atoms with van der Waals surface area (Å²) in [4.78, 5) is 4.05. The van der Waals surface area contributed by atoms with Crippen LogP contribution in [0.25, 0.3) is 0 Å². The van der Waals surface area contributed by atoms with Crippen LogP contribution in [0.4, 0.5) is 5.95 Å². The summed E-state index contributed by atoms with van der Waals surface area (Å²) in [6.07, 6.45) is 1.39. The molecule has 2 saturated heterocycles. The molecule has 1 aromatic heterocycles. The maximum atomic E-state index is 10.3. The number of nitrogens with zero attached hydrogens (tertiary/aromatic N) is 3. The van der Waals surface area contributed by atoms with Crippen molar-refractivity contribution in [1.82, 2.24) is 14.8 Å². The zero-order chi connectivity index (χ0) is 10.0. The Balaban J connectivity index is 1.89. The zero-order valence-corrected chi connectivity index (χ0v) is 7.83. The number of fused-ring (bicyclic) bond motifs is 8. The second-order valence-corrected chi connectivity index (χ2v) is 4.19. The van der Waals surface area contributed by atoms with Crippen LogP contribution in [0.1, 0.15) is 12.5 Å². The van der Waals surface area contributed by atoms with E-state index in [0.717, 1.165) is 0 Å². The second-order valence-electron chi connectivity index (χ2n) is 4.19. The van der Waals surface area contributed by atoms with E-state index in [9.17, 15) is 5.11 Å². The predicted octanol–water partition coefficient (Wildman–Crippen LogP) is -0.922. The molecule has 0 spiro atoms. The molecule has 0 radical (unpaired) electrons. The third-order valence-corrected chi connectivity index (χ3v) is 3.27. The maximum Gasteiger partial charge on any atom is 0.223 e. The molecule has 4 rings (SSSR count). The van der Waals surface area contributed by atoms with E-state index in [4.69, 9.17) is 9.47 Å². The molecule has 80 valence electrons. The largest absolute Gasteiger partial charge is 0.366 e. The molecule has 1 aromatic rings. The molecule has 0 aliphatic carbocycles. The van der Waals surface area contributed by atoms with Crippen LogP contribution in [0.3, 0.4) is 0 Å². The van der Waals surface area contributed by atoms with Gasteiger partial charge in [-0.25, -0.2) is 4.68 Å². The highest BCUT2D eigenvalue weighted by Gasteiger charge is 2.57. The van der Waals surface area contributed by atoms with Crippen molar-refractivity contribution in [3.63, 3.8) is 0 Å². The summed E-state index contributed by atoms with van der Waals surface area (Å²) in [5.74, 6) is 0.581. The second kappa shape index (κ2) is 2.31. The minimum Gasteiger partial charge on any atom is -0.366 e. The van der Waals surface area contributed by atoms with Crippen molar-refractivity contribution in [1.29, 1.82) is 0 Å². The molecule has 0 amide bonds. The lowest BCUT2D eigenvalue weighted by Gasteiger charge is -2.44. The maximum absolute atomic E-state index is 10.3. The van der Waals surface area contributed by atoms with E-state index in [2.05, 4.69) is 15.4 Å². The molecule has 2 fully saturated rings. The summed E-state index contributed by atoms with van der Waals surface area (Å²) < 4.78 is 12.7. The van der Waals surface area contributed by atoms with E-state index in [1.165, 1.54) is 6.33 Å². The molecule has 4 unspecified atom stereocenters. The van der Waals surface area contributed by atoms with Gasteiger partial charge in [0.05, 0.1) is 12.6 Å². The van der Waals surface area contributed by atoms with Gasteiger partial charge in [-0.3, -0.25) is 0 Å². The zero-order valence-electron chi connectivity index (χ0n) is 7.83. The molecule has 2 N–H and O–H groups in total. The standard InChI is InChI=1S/C8H10N4O3/c13-8-1-4(5-2-14-6(8)15-5)12-7(11-8)9-3-10-12/h3-6,13H,1-2H2,(H,9,10,11). The van der Waals surface area contributed by atoms with E-state index in [1.54, 1.807) is 4.68 Å². The summed E-state index contributed by atoms with van der Waals surface area (Å²) in [5, 5.41) is 17.3. The molecule has 4 atom stereocenters. The molecule has 7 nitrogen and oxygen atoms in total. The van der Waals surface area contributed by atoms with Crippen molar-refractivity contribution in [3.8, 4) is 0 Å². The van der Waals surface area contributed by atoms with Gasteiger partial charge in [-0.1, -0.05) is 0 Å². The first-order valence-corrected chi connectivity index (χ1v) is 4.93. The van der Waals surface area contributed by atoms with Crippen LogP contribution in [0.15, 0.2) is 6.33 Å². The fraction of sp³-hybridized carbons (Fsp3) is 0.750. The first kappa shape index (κ1) is 8.03. The molecule has 4 bridgehead atoms. The van der Waals surface area contributed by atoms with Gasteiger partial charge in [-0.2, -0.15) is 10.1 Å². The Morgan fingerprint density at radius 1 is 1.67 bits per heavy atom. The third-order valence-electron chi connectivity index (χ3n) is 3.27. The van der Waals surface area contributed by atoms with Gasteiger partial charge >= 0.3 is 0 Å². The Hall–Kier alpha value is -1.18. The van der Waals surface area contributed by atoms with E-state index < -0.39 is 12.0 Å². The molecule has 4 heterocycles. The summed E-state index contributed by atoms with van der Waals surface area (Å²) >= 11 is 0. The van der Waals surface area contributed by atoms with Crippen LogP contribution < -0.4 is 5.32 Å². The van der Waals surface area contributed by atoms with Crippen molar-refractivity contribution in [2.24, 2.45) is 0 Å².